The van der Waals surface area contributed by atoms with Crippen LogP contribution in [0, 0.1) is 0 Å². The third-order valence-electron chi connectivity index (χ3n) is 4.81. The molecule has 0 radical (unpaired) electrons. The number of amides is 1. The van der Waals surface area contributed by atoms with E-state index in [9.17, 15) is 14.7 Å². The van der Waals surface area contributed by atoms with Crippen molar-refractivity contribution in [3.63, 3.8) is 0 Å². The van der Waals surface area contributed by atoms with Gasteiger partial charge in [0.2, 0.25) is 5.91 Å². The van der Waals surface area contributed by atoms with Crippen molar-refractivity contribution < 1.29 is 14.7 Å². The van der Waals surface area contributed by atoms with E-state index in [1.54, 1.807) is 0 Å². The lowest BCUT2D eigenvalue weighted by Crippen LogP contribution is -2.53. The van der Waals surface area contributed by atoms with Crippen LogP contribution in [0.2, 0.25) is 0 Å². The zero-order chi connectivity index (χ0) is 15.9. The quantitative estimate of drug-likeness (QED) is 0.722. The molecular weight excluding hydrogens is 268 g/mol. The molecule has 5 heteroatoms. The first-order chi connectivity index (χ1) is 9.93. The van der Waals surface area contributed by atoms with E-state index in [0.29, 0.717) is 0 Å². The molecule has 1 amide bonds. The molecule has 2 N–H and O–H groups in total. The van der Waals surface area contributed by atoms with Crippen LogP contribution in [0.25, 0.3) is 0 Å². The van der Waals surface area contributed by atoms with Crippen molar-refractivity contribution >= 4 is 11.9 Å². The van der Waals surface area contributed by atoms with Gasteiger partial charge in [0, 0.05) is 11.6 Å². The maximum Gasteiger partial charge on any atom is 0.305 e. The van der Waals surface area contributed by atoms with Gasteiger partial charge >= 0.3 is 5.97 Å². The molecule has 0 aliphatic heterocycles. The Balaban J connectivity index is 2.65. The van der Waals surface area contributed by atoms with Crippen LogP contribution in [-0.2, 0) is 9.59 Å². The summed E-state index contributed by atoms with van der Waals surface area (Å²) < 4.78 is 0. The molecule has 1 saturated carbocycles. The summed E-state index contributed by atoms with van der Waals surface area (Å²) >= 11 is 0. The highest BCUT2D eigenvalue weighted by molar-refractivity contribution is 5.78. The lowest BCUT2D eigenvalue weighted by molar-refractivity contribution is -0.142. The van der Waals surface area contributed by atoms with Gasteiger partial charge in [-0.25, -0.2) is 0 Å². The molecule has 1 aliphatic rings. The maximum atomic E-state index is 12.2. The second-order valence-corrected chi connectivity index (χ2v) is 6.29. The van der Waals surface area contributed by atoms with E-state index >= 15 is 0 Å². The maximum absolute atomic E-state index is 12.2. The molecular formula is C16H30N2O3. The first kappa shape index (κ1) is 18.0. The summed E-state index contributed by atoms with van der Waals surface area (Å²) in [5, 5.41) is 12.2. The predicted molar refractivity (Wildman–Crippen MR) is 83.2 cm³/mol. The first-order valence-corrected chi connectivity index (χ1v) is 8.16. The number of nitrogens with zero attached hydrogens (tertiary/aromatic N) is 1. The molecule has 0 atom stereocenters. The molecule has 0 spiro atoms. The van der Waals surface area contributed by atoms with Gasteiger partial charge in [-0.15, -0.1) is 0 Å². The summed E-state index contributed by atoms with van der Waals surface area (Å²) in [6.45, 7) is 4.40. The monoisotopic (exact) mass is 298 g/mol. The van der Waals surface area contributed by atoms with Crippen molar-refractivity contribution in [2.75, 3.05) is 13.6 Å². The van der Waals surface area contributed by atoms with E-state index in [4.69, 9.17) is 0 Å². The lowest BCUT2D eigenvalue weighted by atomic mass is 9.78. The second kappa shape index (κ2) is 8.37. The fourth-order valence-electron chi connectivity index (χ4n) is 3.33. The molecule has 5 nitrogen and oxygen atoms in total. The van der Waals surface area contributed by atoms with Crippen molar-refractivity contribution in [1.29, 1.82) is 0 Å². The van der Waals surface area contributed by atoms with Gasteiger partial charge in [-0.2, -0.15) is 0 Å². The van der Waals surface area contributed by atoms with E-state index in [-0.39, 0.29) is 30.5 Å². The number of nitrogens with one attached hydrogen (secondary N) is 1. The van der Waals surface area contributed by atoms with Gasteiger partial charge in [-0.1, -0.05) is 33.1 Å². The van der Waals surface area contributed by atoms with Gasteiger partial charge in [0.1, 0.15) is 0 Å². The van der Waals surface area contributed by atoms with Crippen LogP contribution >= 0.6 is 0 Å². The normalized spacial score (nSPS) is 18.0. The lowest BCUT2D eigenvalue weighted by Gasteiger charge is -2.43. The average molecular weight is 298 g/mol. The van der Waals surface area contributed by atoms with Gasteiger partial charge in [-0.3, -0.25) is 14.5 Å². The Kier molecular flexibility index (Phi) is 7.15. The Morgan fingerprint density at radius 1 is 1.19 bits per heavy atom. The molecule has 0 heterocycles. The molecule has 1 aliphatic carbocycles. The highest BCUT2D eigenvalue weighted by atomic mass is 16.4. The number of carboxylic acids is 1. The third-order valence-corrected chi connectivity index (χ3v) is 4.81. The Morgan fingerprint density at radius 2 is 1.76 bits per heavy atom. The van der Waals surface area contributed by atoms with Crippen LogP contribution in [0.5, 0.6) is 0 Å². The van der Waals surface area contributed by atoms with Crippen molar-refractivity contribution in [1.82, 2.24) is 10.2 Å². The summed E-state index contributed by atoms with van der Waals surface area (Å²) in [7, 11) is 1.89. The van der Waals surface area contributed by atoms with E-state index < -0.39 is 5.97 Å². The van der Waals surface area contributed by atoms with Gasteiger partial charge in [0.25, 0.3) is 0 Å². The van der Waals surface area contributed by atoms with Crippen LogP contribution in [-0.4, -0.2) is 47.1 Å². The fraction of sp³-hybridized carbons (Fsp3) is 0.875. The molecule has 122 valence electrons. The third kappa shape index (κ3) is 5.30. The minimum atomic E-state index is -0.774. The van der Waals surface area contributed by atoms with Gasteiger partial charge in [-0.05, 0) is 32.7 Å². The summed E-state index contributed by atoms with van der Waals surface area (Å²) in [6.07, 6.45) is 6.97. The van der Waals surface area contributed by atoms with Crippen molar-refractivity contribution in [3.8, 4) is 0 Å². The highest BCUT2D eigenvalue weighted by Crippen LogP contribution is 2.35. The van der Waals surface area contributed by atoms with Crippen LogP contribution in [0.4, 0.5) is 0 Å². The Labute approximate surface area is 128 Å². The molecule has 1 rings (SSSR count). The number of aliphatic carboxylic acids is 1. The number of carboxylic acid groups (broad SMARTS) is 1. The SMILES string of the molecule is CCC(CC)NC(=O)CN(C)C1(CC(=O)O)CCCCC1. The number of carbonyl (C=O) groups is 2. The summed E-state index contributed by atoms with van der Waals surface area (Å²) in [6, 6.07) is 0.215. The zero-order valence-corrected chi connectivity index (χ0v) is 13.7. The molecule has 0 aromatic rings. The second-order valence-electron chi connectivity index (χ2n) is 6.29. The number of hydrogen-bond acceptors (Lipinski definition) is 3. The van der Waals surface area contributed by atoms with Gasteiger partial charge in [0.05, 0.1) is 13.0 Å². The average Bonchev–Trinajstić information content (AvgIpc) is 2.44. The largest absolute Gasteiger partial charge is 0.481 e. The Hall–Kier alpha value is -1.10. The van der Waals surface area contributed by atoms with Crippen LogP contribution in [0.15, 0.2) is 0 Å². The standard InChI is InChI=1S/C16H30N2O3/c1-4-13(5-2)17-14(19)12-18(3)16(11-15(20)21)9-7-6-8-10-16/h13H,4-12H2,1-3H3,(H,17,19)(H,20,21). The van der Waals surface area contributed by atoms with Crippen LogP contribution in [0.1, 0.15) is 65.2 Å². The van der Waals surface area contributed by atoms with E-state index in [2.05, 4.69) is 19.2 Å². The minimum absolute atomic E-state index is 0.00142. The molecule has 1 fully saturated rings. The smallest absolute Gasteiger partial charge is 0.305 e. The molecule has 0 unspecified atom stereocenters. The van der Waals surface area contributed by atoms with E-state index in [0.717, 1.165) is 44.9 Å². The van der Waals surface area contributed by atoms with Gasteiger partial charge in [0.15, 0.2) is 0 Å². The molecule has 21 heavy (non-hydrogen) atoms. The zero-order valence-electron chi connectivity index (χ0n) is 13.7. The first-order valence-electron chi connectivity index (χ1n) is 8.16. The van der Waals surface area contributed by atoms with Gasteiger partial charge < -0.3 is 10.4 Å². The molecule has 0 bridgehead atoms. The molecule has 0 saturated heterocycles. The van der Waals surface area contributed by atoms with Crippen molar-refractivity contribution in [3.05, 3.63) is 0 Å². The number of likely N-dealkylation sites (N-methyl/N-ethyl adjacent to an activating group) is 1. The van der Waals surface area contributed by atoms with Crippen molar-refractivity contribution in [2.45, 2.75) is 76.8 Å². The van der Waals surface area contributed by atoms with Crippen molar-refractivity contribution in [2.24, 2.45) is 0 Å². The molecule has 0 aromatic carbocycles. The Bertz CT molecular complexity index is 347. The number of hydrogen-bond donors (Lipinski definition) is 2. The molecule has 0 aromatic heterocycles. The summed E-state index contributed by atoms with van der Waals surface area (Å²) in [5.74, 6) is -0.773. The minimum Gasteiger partial charge on any atom is -0.481 e. The highest BCUT2D eigenvalue weighted by Gasteiger charge is 2.38. The predicted octanol–water partition coefficient (Wildman–Crippen LogP) is 2.40. The van der Waals surface area contributed by atoms with E-state index in [1.807, 2.05) is 11.9 Å². The number of rotatable bonds is 8. The van der Waals surface area contributed by atoms with Crippen LogP contribution < -0.4 is 5.32 Å². The van der Waals surface area contributed by atoms with E-state index in [1.165, 1.54) is 0 Å². The fourth-order valence-corrected chi connectivity index (χ4v) is 3.33. The summed E-state index contributed by atoms with van der Waals surface area (Å²) in [5.41, 5.74) is -0.352. The number of carbonyl (C=O) groups excluding carboxylic acids is 1. The Morgan fingerprint density at radius 3 is 2.24 bits per heavy atom. The summed E-state index contributed by atoms with van der Waals surface area (Å²) in [4.78, 5) is 25.3. The van der Waals surface area contributed by atoms with Crippen LogP contribution in [0.3, 0.4) is 0 Å². The topological polar surface area (TPSA) is 69.6 Å².